The van der Waals surface area contributed by atoms with Gasteiger partial charge >= 0.3 is 0 Å². The Labute approximate surface area is 107 Å². The number of amides is 1. The molecule has 1 amide bonds. The van der Waals surface area contributed by atoms with Gasteiger partial charge in [-0.3, -0.25) is 4.79 Å². The molecule has 0 saturated heterocycles. The molecule has 2 rings (SSSR count). The number of hydrogen-bond acceptors (Lipinski definition) is 2. The molecule has 0 aliphatic rings. The van der Waals surface area contributed by atoms with Crippen LogP contribution in [0.3, 0.4) is 0 Å². The number of benzene rings is 1. The first-order chi connectivity index (χ1) is 8.68. The molecule has 0 aliphatic carbocycles. The van der Waals surface area contributed by atoms with Gasteiger partial charge in [-0.25, -0.2) is 0 Å². The van der Waals surface area contributed by atoms with E-state index in [0.717, 1.165) is 17.4 Å². The Balaban J connectivity index is 1.98. The SMILES string of the molecule is CC(C)NCCNC(=O)c1cccc2cc[nH]c12. The van der Waals surface area contributed by atoms with Gasteiger partial charge in [0, 0.05) is 30.7 Å². The lowest BCUT2D eigenvalue weighted by Crippen LogP contribution is -2.34. The zero-order chi connectivity index (χ0) is 13.0. The maximum atomic E-state index is 12.0. The summed E-state index contributed by atoms with van der Waals surface area (Å²) in [5.41, 5.74) is 1.59. The van der Waals surface area contributed by atoms with Crippen LogP contribution in [0.15, 0.2) is 30.5 Å². The first kappa shape index (κ1) is 12.6. The second-order valence-electron chi connectivity index (χ2n) is 4.61. The normalized spacial score (nSPS) is 11.1. The van der Waals surface area contributed by atoms with E-state index in [4.69, 9.17) is 0 Å². The van der Waals surface area contributed by atoms with Crippen molar-refractivity contribution in [3.05, 3.63) is 36.0 Å². The third-order valence-corrected chi connectivity index (χ3v) is 2.80. The van der Waals surface area contributed by atoms with Crippen molar-refractivity contribution in [1.29, 1.82) is 0 Å². The van der Waals surface area contributed by atoms with E-state index in [9.17, 15) is 4.79 Å². The van der Waals surface area contributed by atoms with Crippen LogP contribution < -0.4 is 10.6 Å². The second kappa shape index (κ2) is 5.69. The van der Waals surface area contributed by atoms with Crippen LogP contribution >= 0.6 is 0 Å². The van der Waals surface area contributed by atoms with Gasteiger partial charge in [-0.1, -0.05) is 26.0 Å². The third-order valence-electron chi connectivity index (χ3n) is 2.80. The fourth-order valence-corrected chi connectivity index (χ4v) is 1.91. The maximum absolute atomic E-state index is 12.0. The van der Waals surface area contributed by atoms with Crippen molar-refractivity contribution in [3.63, 3.8) is 0 Å². The van der Waals surface area contributed by atoms with E-state index < -0.39 is 0 Å². The molecule has 0 saturated carbocycles. The second-order valence-corrected chi connectivity index (χ2v) is 4.61. The summed E-state index contributed by atoms with van der Waals surface area (Å²) in [6, 6.07) is 8.13. The highest BCUT2D eigenvalue weighted by Gasteiger charge is 2.09. The summed E-state index contributed by atoms with van der Waals surface area (Å²) in [5, 5.41) is 7.24. The van der Waals surface area contributed by atoms with E-state index in [1.54, 1.807) is 0 Å². The number of nitrogens with one attached hydrogen (secondary N) is 3. The molecule has 0 aliphatic heterocycles. The van der Waals surface area contributed by atoms with Crippen LogP contribution in [0.1, 0.15) is 24.2 Å². The molecule has 0 fully saturated rings. The monoisotopic (exact) mass is 245 g/mol. The van der Waals surface area contributed by atoms with E-state index in [1.807, 2.05) is 30.5 Å². The molecule has 96 valence electrons. The van der Waals surface area contributed by atoms with Crippen molar-refractivity contribution in [2.24, 2.45) is 0 Å². The van der Waals surface area contributed by atoms with Gasteiger partial charge in [-0.2, -0.15) is 0 Å². The molecule has 0 spiro atoms. The molecule has 0 atom stereocenters. The van der Waals surface area contributed by atoms with Crippen LogP contribution in [0.2, 0.25) is 0 Å². The quantitative estimate of drug-likeness (QED) is 0.705. The Kier molecular flexibility index (Phi) is 3.99. The molecule has 1 aromatic carbocycles. The van der Waals surface area contributed by atoms with Crippen molar-refractivity contribution < 1.29 is 4.79 Å². The van der Waals surface area contributed by atoms with Crippen LogP contribution in [-0.2, 0) is 0 Å². The Bertz CT molecular complexity index is 531. The van der Waals surface area contributed by atoms with Gasteiger partial charge in [0.1, 0.15) is 0 Å². The fourth-order valence-electron chi connectivity index (χ4n) is 1.91. The summed E-state index contributed by atoms with van der Waals surface area (Å²) < 4.78 is 0. The zero-order valence-corrected chi connectivity index (χ0v) is 10.8. The molecule has 0 unspecified atom stereocenters. The first-order valence-corrected chi connectivity index (χ1v) is 6.26. The van der Waals surface area contributed by atoms with E-state index in [2.05, 4.69) is 29.5 Å². The van der Waals surface area contributed by atoms with Crippen LogP contribution in [0.5, 0.6) is 0 Å². The number of carbonyl (C=O) groups excluding carboxylic acids is 1. The lowest BCUT2D eigenvalue weighted by Gasteiger charge is -2.09. The number of fused-ring (bicyclic) bond motifs is 1. The van der Waals surface area contributed by atoms with Gasteiger partial charge in [-0.05, 0) is 12.1 Å². The predicted molar refractivity (Wildman–Crippen MR) is 73.8 cm³/mol. The Morgan fingerprint density at radius 1 is 1.28 bits per heavy atom. The topological polar surface area (TPSA) is 56.9 Å². The minimum absolute atomic E-state index is 0.0337. The summed E-state index contributed by atoms with van der Waals surface area (Å²) in [5.74, 6) is -0.0337. The molecular formula is C14H19N3O. The number of rotatable bonds is 5. The molecule has 2 aromatic rings. The number of aromatic amines is 1. The summed E-state index contributed by atoms with van der Waals surface area (Å²) in [7, 11) is 0. The highest BCUT2D eigenvalue weighted by atomic mass is 16.1. The lowest BCUT2D eigenvalue weighted by atomic mass is 10.1. The number of H-pyrrole nitrogens is 1. The molecule has 4 heteroatoms. The Hall–Kier alpha value is -1.81. The van der Waals surface area contributed by atoms with Gasteiger partial charge < -0.3 is 15.6 Å². The highest BCUT2D eigenvalue weighted by molar-refractivity contribution is 6.05. The van der Waals surface area contributed by atoms with Gasteiger partial charge in [-0.15, -0.1) is 0 Å². The third kappa shape index (κ3) is 2.90. The number of aromatic nitrogens is 1. The van der Waals surface area contributed by atoms with Crippen molar-refractivity contribution in [2.45, 2.75) is 19.9 Å². The van der Waals surface area contributed by atoms with Crippen molar-refractivity contribution in [3.8, 4) is 0 Å². The summed E-state index contributed by atoms with van der Waals surface area (Å²) >= 11 is 0. The molecule has 3 N–H and O–H groups in total. The molecule has 1 heterocycles. The molecular weight excluding hydrogens is 226 g/mol. The summed E-state index contributed by atoms with van der Waals surface area (Å²) in [6.07, 6.45) is 1.85. The number of para-hydroxylation sites is 1. The largest absolute Gasteiger partial charge is 0.361 e. The van der Waals surface area contributed by atoms with E-state index in [1.165, 1.54) is 0 Å². The van der Waals surface area contributed by atoms with Crippen LogP contribution in [0.25, 0.3) is 10.9 Å². The highest BCUT2D eigenvalue weighted by Crippen LogP contribution is 2.16. The minimum atomic E-state index is -0.0337. The molecule has 1 aromatic heterocycles. The minimum Gasteiger partial charge on any atom is -0.361 e. The fraction of sp³-hybridized carbons (Fsp3) is 0.357. The predicted octanol–water partition coefficient (Wildman–Crippen LogP) is 1.90. The smallest absolute Gasteiger partial charge is 0.253 e. The average molecular weight is 245 g/mol. The van der Waals surface area contributed by atoms with E-state index in [-0.39, 0.29) is 5.91 Å². The average Bonchev–Trinajstić information content (AvgIpc) is 2.82. The molecule has 0 radical (unpaired) electrons. The van der Waals surface area contributed by atoms with Gasteiger partial charge in [0.25, 0.3) is 5.91 Å². The maximum Gasteiger partial charge on any atom is 0.253 e. The van der Waals surface area contributed by atoms with Gasteiger partial charge in [0.05, 0.1) is 11.1 Å². The zero-order valence-electron chi connectivity index (χ0n) is 10.8. The molecule has 0 bridgehead atoms. The van der Waals surface area contributed by atoms with E-state index >= 15 is 0 Å². The molecule has 4 nitrogen and oxygen atoms in total. The van der Waals surface area contributed by atoms with Crippen molar-refractivity contribution in [1.82, 2.24) is 15.6 Å². The lowest BCUT2D eigenvalue weighted by molar-refractivity contribution is 0.0955. The Morgan fingerprint density at radius 3 is 2.89 bits per heavy atom. The summed E-state index contributed by atoms with van der Waals surface area (Å²) in [4.78, 5) is 15.1. The van der Waals surface area contributed by atoms with Crippen molar-refractivity contribution in [2.75, 3.05) is 13.1 Å². The molecule has 18 heavy (non-hydrogen) atoms. The number of hydrogen-bond donors (Lipinski definition) is 3. The van der Waals surface area contributed by atoms with Gasteiger partial charge in [0.2, 0.25) is 0 Å². The van der Waals surface area contributed by atoms with Crippen LogP contribution in [0, 0.1) is 0 Å². The summed E-state index contributed by atoms with van der Waals surface area (Å²) in [6.45, 7) is 5.58. The first-order valence-electron chi connectivity index (χ1n) is 6.26. The Morgan fingerprint density at radius 2 is 2.11 bits per heavy atom. The van der Waals surface area contributed by atoms with Crippen molar-refractivity contribution >= 4 is 16.8 Å². The van der Waals surface area contributed by atoms with Gasteiger partial charge in [0.15, 0.2) is 0 Å². The van der Waals surface area contributed by atoms with E-state index in [0.29, 0.717) is 18.2 Å². The number of carbonyl (C=O) groups is 1. The van der Waals surface area contributed by atoms with Crippen LogP contribution in [0.4, 0.5) is 0 Å². The van der Waals surface area contributed by atoms with Crippen LogP contribution in [-0.4, -0.2) is 30.0 Å². The standard InChI is InChI=1S/C14H19N3O/c1-10(2)15-8-9-17-14(18)12-5-3-4-11-6-7-16-13(11)12/h3-7,10,15-16H,8-9H2,1-2H3,(H,17,18).